The summed E-state index contributed by atoms with van der Waals surface area (Å²) in [6.07, 6.45) is 3.16. The molecular formula is C15H18N2O4. The van der Waals surface area contributed by atoms with Gasteiger partial charge in [-0.1, -0.05) is 25.0 Å². The number of carbonyl (C=O) groups excluding carboxylic acids is 2. The Morgan fingerprint density at radius 1 is 1.00 bits per heavy atom. The van der Waals surface area contributed by atoms with Gasteiger partial charge in [0, 0.05) is 5.92 Å². The van der Waals surface area contributed by atoms with E-state index in [1.54, 1.807) is 12.1 Å². The van der Waals surface area contributed by atoms with Crippen molar-refractivity contribution in [2.45, 2.75) is 31.8 Å². The lowest BCUT2D eigenvalue weighted by molar-refractivity contribution is -0.136. The van der Waals surface area contributed by atoms with Gasteiger partial charge in [-0.15, -0.1) is 0 Å². The van der Waals surface area contributed by atoms with Crippen LogP contribution in [0.2, 0.25) is 0 Å². The summed E-state index contributed by atoms with van der Waals surface area (Å²) in [4.78, 5) is 23.8. The van der Waals surface area contributed by atoms with Gasteiger partial charge in [0.1, 0.15) is 6.61 Å². The highest BCUT2D eigenvalue weighted by atomic mass is 16.6. The molecule has 0 aromatic heterocycles. The molecule has 2 aliphatic rings. The van der Waals surface area contributed by atoms with Crippen LogP contribution in [0.1, 0.15) is 25.7 Å². The Balaban J connectivity index is 1.51. The zero-order chi connectivity index (χ0) is 14.7. The van der Waals surface area contributed by atoms with Crippen molar-refractivity contribution < 1.29 is 19.1 Å². The van der Waals surface area contributed by atoms with Crippen molar-refractivity contribution in [3.63, 3.8) is 0 Å². The maximum Gasteiger partial charge on any atom is 0.283 e. The van der Waals surface area contributed by atoms with Crippen molar-refractivity contribution in [3.8, 4) is 11.5 Å². The lowest BCUT2D eigenvalue weighted by atomic mass is 10.1. The van der Waals surface area contributed by atoms with Crippen LogP contribution in [0.3, 0.4) is 0 Å². The van der Waals surface area contributed by atoms with Gasteiger partial charge in [0.05, 0.1) is 0 Å². The quantitative estimate of drug-likeness (QED) is 0.801. The number of carbonyl (C=O) groups is 2. The molecule has 21 heavy (non-hydrogen) atoms. The molecular weight excluding hydrogens is 272 g/mol. The first-order valence-electron chi connectivity index (χ1n) is 7.22. The summed E-state index contributed by atoms with van der Waals surface area (Å²) in [6.45, 7) is 0.127. The van der Waals surface area contributed by atoms with Crippen LogP contribution in [0.4, 0.5) is 0 Å². The molecule has 0 unspecified atom stereocenters. The van der Waals surface area contributed by atoms with Crippen LogP contribution in [0.15, 0.2) is 24.3 Å². The van der Waals surface area contributed by atoms with E-state index in [9.17, 15) is 9.59 Å². The highest BCUT2D eigenvalue weighted by Crippen LogP contribution is 2.30. The number of para-hydroxylation sites is 2. The number of amides is 2. The molecule has 1 aliphatic carbocycles. The SMILES string of the molecule is O=C(NNC(=O)[C@H]1COc2ccccc2O1)C1CCCC1. The van der Waals surface area contributed by atoms with E-state index in [-0.39, 0.29) is 18.4 Å². The fourth-order valence-electron chi connectivity index (χ4n) is 2.64. The third-order valence-corrected chi connectivity index (χ3v) is 3.84. The van der Waals surface area contributed by atoms with Gasteiger partial charge in [-0.25, -0.2) is 0 Å². The molecule has 3 rings (SSSR count). The van der Waals surface area contributed by atoms with Crippen LogP contribution < -0.4 is 20.3 Å². The van der Waals surface area contributed by atoms with Gasteiger partial charge in [0.2, 0.25) is 12.0 Å². The van der Waals surface area contributed by atoms with Crippen LogP contribution in [0.5, 0.6) is 11.5 Å². The van der Waals surface area contributed by atoms with E-state index in [0.29, 0.717) is 11.5 Å². The minimum Gasteiger partial charge on any atom is -0.485 e. The predicted molar refractivity (Wildman–Crippen MR) is 74.6 cm³/mol. The van der Waals surface area contributed by atoms with Crippen LogP contribution in [0, 0.1) is 5.92 Å². The van der Waals surface area contributed by atoms with E-state index in [4.69, 9.17) is 9.47 Å². The molecule has 1 fully saturated rings. The lowest BCUT2D eigenvalue weighted by Gasteiger charge is -2.25. The Morgan fingerprint density at radius 2 is 1.67 bits per heavy atom. The topological polar surface area (TPSA) is 76.7 Å². The maximum absolute atomic E-state index is 12.0. The molecule has 1 aliphatic heterocycles. The van der Waals surface area contributed by atoms with Gasteiger partial charge in [-0.05, 0) is 25.0 Å². The minimum absolute atomic E-state index is 0.00884. The standard InChI is InChI=1S/C15H18N2O4/c18-14(10-5-1-2-6-10)16-17-15(19)13-9-20-11-7-3-4-8-12(11)21-13/h3-4,7-8,10,13H,1-2,5-6,9H2,(H,16,18)(H,17,19)/t13-/m1/s1. The van der Waals surface area contributed by atoms with E-state index in [1.807, 2.05) is 12.1 Å². The second-order valence-electron chi connectivity index (χ2n) is 5.32. The molecule has 1 aromatic rings. The molecule has 0 spiro atoms. The Morgan fingerprint density at radius 3 is 2.43 bits per heavy atom. The van der Waals surface area contributed by atoms with E-state index in [1.165, 1.54) is 0 Å². The summed E-state index contributed by atoms with van der Waals surface area (Å²) in [6, 6.07) is 7.17. The first kappa shape index (κ1) is 13.7. The number of hydrogen-bond acceptors (Lipinski definition) is 4. The molecule has 2 amide bonds. The van der Waals surface area contributed by atoms with E-state index < -0.39 is 12.0 Å². The molecule has 0 saturated heterocycles. The largest absolute Gasteiger partial charge is 0.485 e. The van der Waals surface area contributed by atoms with Crippen molar-refractivity contribution in [2.75, 3.05) is 6.61 Å². The zero-order valence-corrected chi connectivity index (χ0v) is 11.6. The van der Waals surface area contributed by atoms with E-state index in [2.05, 4.69) is 10.9 Å². The van der Waals surface area contributed by atoms with Gasteiger partial charge in [0.25, 0.3) is 5.91 Å². The average Bonchev–Trinajstić information content (AvgIpc) is 3.06. The van der Waals surface area contributed by atoms with Crippen molar-refractivity contribution >= 4 is 11.8 Å². The molecule has 6 nitrogen and oxygen atoms in total. The molecule has 1 atom stereocenters. The van der Waals surface area contributed by atoms with Crippen LogP contribution in [-0.2, 0) is 9.59 Å². The maximum atomic E-state index is 12.0. The summed E-state index contributed by atoms with van der Waals surface area (Å²) in [5.74, 6) is 0.630. The average molecular weight is 290 g/mol. The molecule has 1 heterocycles. The number of nitrogens with one attached hydrogen (secondary N) is 2. The lowest BCUT2D eigenvalue weighted by Crippen LogP contribution is -2.51. The van der Waals surface area contributed by atoms with Crippen molar-refractivity contribution in [1.82, 2.24) is 10.9 Å². The number of benzene rings is 1. The fraction of sp³-hybridized carbons (Fsp3) is 0.467. The van der Waals surface area contributed by atoms with Crippen LogP contribution in [0.25, 0.3) is 0 Å². The van der Waals surface area contributed by atoms with Crippen molar-refractivity contribution in [1.29, 1.82) is 0 Å². The van der Waals surface area contributed by atoms with Gasteiger partial charge in [-0.2, -0.15) is 0 Å². The molecule has 0 radical (unpaired) electrons. The molecule has 1 saturated carbocycles. The normalized spacial score (nSPS) is 20.9. The minimum atomic E-state index is -0.760. The Bertz CT molecular complexity index is 540. The zero-order valence-electron chi connectivity index (χ0n) is 11.6. The molecule has 0 bridgehead atoms. The molecule has 2 N–H and O–H groups in total. The van der Waals surface area contributed by atoms with Crippen molar-refractivity contribution in [3.05, 3.63) is 24.3 Å². The molecule has 1 aromatic carbocycles. The predicted octanol–water partition coefficient (Wildman–Crippen LogP) is 1.16. The summed E-state index contributed by atoms with van der Waals surface area (Å²) < 4.78 is 11.0. The number of rotatable bonds is 2. The van der Waals surface area contributed by atoms with Gasteiger partial charge >= 0.3 is 0 Å². The fourth-order valence-corrected chi connectivity index (χ4v) is 2.64. The monoisotopic (exact) mass is 290 g/mol. The van der Waals surface area contributed by atoms with Crippen LogP contribution >= 0.6 is 0 Å². The van der Waals surface area contributed by atoms with Gasteiger partial charge in [-0.3, -0.25) is 20.4 Å². The van der Waals surface area contributed by atoms with Gasteiger partial charge in [0.15, 0.2) is 11.5 Å². The number of hydrazine groups is 1. The van der Waals surface area contributed by atoms with E-state index in [0.717, 1.165) is 25.7 Å². The summed E-state index contributed by atoms with van der Waals surface area (Å²) >= 11 is 0. The Hall–Kier alpha value is -2.24. The smallest absolute Gasteiger partial charge is 0.283 e. The summed E-state index contributed by atoms with van der Waals surface area (Å²) in [5.41, 5.74) is 4.89. The van der Waals surface area contributed by atoms with Crippen molar-refractivity contribution in [2.24, 2.45) is 5.92 Å². The summed E-state index contributed by atoms with van der Waals surface area (Å²) in [5, 5.41) is 0. The highest BCUT2D eigenvalue weighted by molar-refractivity contribution is 5.86. The Kier molecular flexibility index (Phi) is 3.94. The Labute approximate surface area is 122 Å². The third-order valence-electron chi connectivity index (χ3n) is 3.84. The number of fused-ring (bicyclic) bond motifs is 1. The third kappa shape index (κ3) is 3.09. The molecule has 6 heteroatoms. The van der Waals surface area contributed by atoms with Crippen LogP contribution in [-0.4, -0.2) is 24.5 Å². The van der Waals surface area contributed by atoms with E-state index >= 15 is 0 Å². The summed E-state index contributed by atoms with van der Waals surface area (Å²) in [7, 11) is 0. The highest BCUT2D eigenvalue weighted by Gasteiger charge is 2.28. The second-order valence-corrected chi connectivity index (χ2v) is 5.32. The van der Waals surface area contributed by atoms with Gasteiger partial charge < -0.3 is 9.47 Å². The second kappa shape index (κ2) is 6.03. The molecule has 112 valence electrons. The first-order chi connectivity index (χ1) is 10.2. The number of ether oxygens (including phenoxy) is 2. The number of hydrogen-bond donors (Lipinski definition) is 2. The first-order valence-corrected chi connectivity index (χ1v) is 7.22.